The van der Waals surface area contributed by atoms with Gasteiger partial charge in [0.15, 0.2) is 0 Å². The van der Waals surface area contributed by atoms with Crippen molar-refractivity contribution in [3.63, 3.8) is 0 Å². The Morgan fingerprint density at radius 1 is 1.25 bits per heavy atom. The molecule has 0 aromatic heterocycles. The Kier molecular flexibility index (Phi) is 5.60. The van der Waals surface area contributed by atoms with Crippen LogP contribution in [0, 0.1) is 11.3 Å². The smallest absolute Gasteiger partial charge is 0.245 e. The zero-order chi connectivity index (χ0) is 15.5. The van der Waals surface area contributed by atoms with E-state index in [1.54, 1.807) is 4.90 Å². The lowest BCUT2D eigenvalue weighted by molar-refractivity contribution is -0.150. The van der Waals surface area contributed by atoms with Gasteiger partial charge in [-0.25, -0.2) is 0 Å². The number of amides is 2. The van der Waals surface area contributed by atoms with Gasteiger partial charge in [0, 0.05) is 6.54 Å². The van der Waals surface area contributed by atoms with Gasteiger partial charge in [-0.1, -0.05) is 41.5 Å². The number of nitrogens with zero attached hydrogens (tertiary/aromatic N) is 1. The van der Waals surface area contributed by atoms with Crippen LogP contribution in [0.5, 0.6) is 0 Å². The zero-order valence-corrected chi connectivity index (χ0v) is 13.8. The summed E-state index contributed by atoms with van der Waals surface area (Å²) in [6, 6.07) is -0.640. The lowest BCUT2D eigenvalue weighted by Crippen LogP contribution is -2.63. The Morgan fingerprint density at radius 3 is 2.30 bits per heavy atom. The Labute approximate surface area is 123 Å². The minimum absolute atomic E-state index is 0.00617. The Balaban J connectivity index is 2.83. The topological polar surface area (TPSA) is 49.4 Å². The van der Waals surface area contributed by atoms with E-state index in [0.717, 1.165) is 6.42 Å². The van der Waals surface area contributed by atoms with Crippen LogP contribution in [0.2, 0.25) is 0 Å². The molecule has 0 aromatic rings. The molecule has 0 aromatic carbocycles. The number of carbonyl (C=O) groups excluding carboxylic acids is 2. The predicted molar refractivity (Wildman–Crippen MR) is 81.2 cm³/mol. The molecular weight excluding hydrogens is 252 g/mol. The normalized spacial score (nSPS) is 24.2. The number of carbonyl (C=O) groups is 2. The first-order valence-electron chi connectivity index (χ1n) is 7.76. The SMILES string of the molecule is CCC1C(=O)NC(CC(C)C)C(=O)N1CCC(C)(C)C. The average molecular weight is 282 g/mol. The summed E-state index contributed by atoms with van der Waals surface area (Å²) < 4.78 is 0. The molecule has 1 aliphatic rings. The Morgan fingerprint density at radius 2 is 1.85 bits per heavy atom. The quantitative estimate of drug-likeness (QED) is 0.842. The van der Waals surface area contributed by atoms with Gasteiger partial charge in [0.2, 0.25) is 11.8 Å². The van der Waals surface area contributed by atoms with Crippen LogP contribution in [0.3, 0.4) is 0 Å². The van der Waals surface area contributed by atoms with Gasteiger partial charge in [0.1, 0.15) is 12.1 Å². The lowest BCUT2D eigenvalue weighted by atomic mass is 9.90. The molecule has 1 fully saturated rings. The molecule has 1 heterocycles. The van der Waals surface area contributed by atoms with Gasteiger partial charge in [-0.2, -0.15) is 0 Å². The first-order chi connectivity index (χ1) is 9.15. The second kappa shape index (κ2) is 6.59. The van der Waals surface area contributed by atoms with Crippen molar-refractivity contribution in [2.45, 2.75) is 72.9 Å². The molecule has 1 aliphatic heterocycles. The van der Waals surface area contributed by atoms with E-state index in [1.807, 2.05) is 6.92 Å². The summed E-state index contributed by atoms with van der Waals surface area (Å²) in [6.45, 7) is 13.3. The molecule has 0 bridgehead atoms. The monoisotopic (exact) mass is 282 g/mol. The van der Waals surface area contributed by atoms with Crippen LogP contribution in [0.15, 0.2) is 0 Å². The van der Waals surface area contributed by atoms with Crippen molar-refractivity contribution >= 4 is 11.8 Å². The van der Waals surface area contributed by atoms with Crippen LogP contribution in [-0.4, -0.2) is 35.3 Å². The molecule has 0 aliphatic carbocycles. The molecule has 4 nitrogen and oxygen atoms in total. The van der Waals surface area contributed by atoms with Gasteiger partial charge < -0.3 is 10.2 Å². The number of hydrogen-bond acceptors (Lipinski definition) is 2. The van der Waals surface area contributed by atoms with E-state index < -0.39 is 0 Å². The number of nitrogens with one attached hydrogen (secondary N) is 1. The number of rotatable bonds is 5. The molecule has 0 spiro atoms. The molecule has 0 radical (unpaired) electrons. The second-order valence-electron chi connectivity index (χ2n) is 7.46. The van der Waals surface area contributed by atoms with E-state index in [2.05, 4.69) is 39.9 Å². The highest BCUT2D eigenvalue weighted by atomic mass is 16.2. The maximum absolute atomic E-state index is 12.6. The van der Waals surface area contributed by atoms with Crippen LogP contribution >= 0.6 is 0 Å². The molecule has 1 saturated heterocycles. The van der Waals surface area contributed by atoms with Crippen LogP contribution in [0.1, 0.15) is 60.8 Å². The Hall–Kier alpha value is -1.06. The summed E-state index contributed by atoms with van der Waals surface area (Å²) in [4.78, 5) is 26.6. The molecule has 0 saturated carbocycles. The minimum Gasteiger partial charge on any atom is -0.342 e. The molecule has 1 rings (SSSR count). The molecule has 4 heteroatoms. The maximum Gasteiger partial charge on any atom is 0.245 e. The lowest BCUT2D eigenvalue weighted by Gasteiger charge is -2.40. The van der Waals surface area contributed by atoms with Crippen molar-refractivity contribution in [2.75, 3.05) is 6.54 Å². The largest absolute Gasteiger partial charge is 0.342 e. The summed E-state index contributed by atoms with van der Waals surface area (Å²) >= 11 is 0. The van der Waals surface area contributed by atoms with Crippen LogP contribution in [0.4, 0.5) is 0 Å². The van der Waals surface area contributed by atoms with Crippen molar-refractivity contribution in [1.29, 1.82) is 0 Å². The highest BCUT2D eigenvalue weighted by Crippen LogP contribution is 2.23. The molecule has 116 valence electrons. The van der Waals surface area contributed by atoms with Crippen molar-refractivity contribution in [1.82, 2.24) is 10.2 Å². The first kappa shape index (κ1) is 17.0. The van der Waals surface area contributed by atoms with Gasteiger partial charge in [0.25, 0.3) is 0 Å². The third kappa shape index (κ3) is 4.50. The first-order valence-corrected chi connectivity index (χ1v) is 7.76. The number of piperazine rings is 1. The van der Waals surface area contributed by atoms with Crippen molar-refractivity contribution in [3.05, 3.63) is 0 Å². The van der Waals surface area contributed by atoms with Crippen molar-refractivity contribution in [3.8, 4) is 0 Å². The van der Waals surface area contributed by atoms with Gasteiger partial charge in [-0.15, -0.1) is 0 Å². The van der Waals surface area contributed by atoms with E-state index >= 15 is 0 Å². The molecular formula is C16H30N2O2. The maximum atomic E-state index is 12.6. The molecule has 2 amide bonds. The van der Waals surface area contributed by atoms with Crippen molar-refractivity contribution in [2.24, 2.45) is 11.3 Å². The minimum atomic E-state index is -0.342. The summed E-state index contributed by atoms with van der Waals surface area (Å²) in [5.74, 6) is 0.493. The standard InChI is InChI=1S/C16H30N2O2/c1-7-13-14(19)17-12(10-11(2)3)15(20)18(13)9-8-16(4,5)6/h11-13H,7-10H2,1-6H3,(H,17,19). The van der Waals surface area contributed by atoms with Crippen LogP contribution in [-0.2, 0) is 9.59 Å². The fourth-order valence-corrected chi connectivity index (χ4v) is 2.58. The molecule has 1 N–H and O–H groups in total. The van der Waals surface area contributed by atoms with E-state index in [-0.39, 0.29) is 29.3 Å². The van der Waals surface area contributed by atoms with Gasteiger partial charge in [0.05, 0.1) is 0 Å². The third-order valence-electron chi connectivity index (χ3n) is 3.77. The average Bonchev–Trinajstić information content (AvgIpc) is 2.29. The molecule has 2 atom stereocenters. The van der Waals surface area contributed by atoms with E-state index in [1.165, 1.54) is 0 Å². The fraction of sp³-hybridized carbons (Fsp3) is 0.875. The van der Waals surface area contributed by atoms with Crippen LogP contribution in [0.25, 0.3) is 0 Å². The third-order valence-corrected chi connectivity index (χ3v) is 3.77. The van der Waals surface area contributed by atoms with Crippen molar-refractivity contribution < 1.29 is 9.59 Å². The van der Waals surface area contributed by atoms with E-state index in [0.29, 0.717) is 25.3 Å². The van der Waals surface area contributed by atoms with E-state index in [9.17, 15) is 9.59 Å². The van der Waals surface area contributed by atoms with E-state index in [4.69, 9.17) is 0 Å². The summed E-state index contributed by atoms with van der Waals surface area (Å²) in [5, 5.41) is 2.90. The summed E-state index contributed by atoms with van der Waals surface area (Å²) in [7, 11) is 0. The zero-order valence-electron chi connectivity index (χ0n) is 13.8. The molecule has 2 unspecified atom stereocenters. The van der Waals surface area contributed by atoms with Crippen LogP contribution < -0.4 is 5.32 Å². The van der Waals surface area contributed by atoms with Gasteiger partial charge >= 0.3 is 0 Å². The molecule has 20 heavy (non-hydrogen) atoms. The Bertz CT molecular complexity index is 358. The van der Waals surface area contributed by atoms with Gasteiger partial charge in [-0.05, 0) is 30.6 Å². The van der Waals surface area contributed by atoms with Gasteiger partial charge in [-0.3, -0.25) is 9.59 Å². The summed E-state index contributed by atoms with van der Waals surface area (Å²) in [5.41, 5.74) is 0.167. The fourth-order valence-electron chi connectivity index (χ4n) is 2.58. The second-order valence-corrected chi connectivity index (χ2v) is 7.46. The highest BCUT2D eigenvalue weighted by molar-refractivity contribution is 5.96. The number of hydrogen-bond donors (Lipinski definition) is 1. The highest BCUT2D eigenvalue weighted by Gasteiger charge is 2.39. The predicted octanol–water partition coefficient (Wildman–Crippen LogP) is 2.57. The summed E-state index contributed by atoms with van der Waals surface area (Å²) in [6.07, 6.45) is 2.31.